The quantitative estimate of drug-likeness (QED) is 0.183. The second kappa shape index (κ2) is 3.13. The maximum atomic E-state index is 11.1. The SMILES string of the molecule is Cc1[nH]c(=O)[nH]c(=O)c1/C(N)=N/O. The number of rotatable bonds is 1. The summed E-state index contributed by atoms with van der Waals surface area (Å²) in [4.78, 5) is 26.1. The Bertz CT molecular complexity index is 456. The summed E-state index contributed by atoms with van der Waals surface area (Å²) in [5.41, 5.74) is 4.11. The number of H-pyrrole nitrogens is 2. The van der Waals surface area contributed by atoms with Crippen molar-refractivity contribution in [2.24, 2.45) is 10.9 Å². The molecule has 70 valence electrons. The van der Waals surface area contributed by atoms with Gasteiger partial charge in [-0.1, -0.05) is 5.16 Å². The minimum atomic E-state index is -0.684. The topological polar surface area (TPSA) is 124 Å². The van der Waals surface area contributed by atoms with Gasteiger partial charge in [-0.3, -0.25) is 9.78 Å². The van der Waals surface area contributed by atoms with E-state index >= 15 is 0 Å². The Labute approximate surface area is 71.9 Å². The molecule has 1 aromatic heterocycles. The van der Waals surface area contributed by atoms with E-state index in [4.69, 9.17) is 10.9 Å². The zero-order valence-corrected chi connectivity index (χ0v) is 6.79. The zero-order chi connectivity index (χ0) is 10.0. The molecule has 0 spiro atoms. The maximum absolute atomic E-state index is 11.1. The van der Waals surface area contributed by atoms with Crippen LogP contribution in [0.5, 0.6) is 0 Å². The molecular formula is C6H8N4O3. The molecule has 1 heterocycles. The largest absolute Gasteiger partial charge is 0.409 e. The number of hydrogen-bond acceptors (Lipinski definition) is 4. The van der Waals surface area contributed by atoms with Gasteiger partial charge in [-0.15, -0.1) is 0 Å². The third-order valence-electron chi connectivity index (χ3n) is 1.49. The third kappa shape index (κ3) is 1.58. The summed E-state index contributed by atoms with van der Waals surface area (Å²) in [6.45, 7) is 1.48. The van der Waals surface area contributed by atoms with Crippen LogP contribution in [0.25, 0.3) is 0 Å². The smallest absolute Gasteiger partial charge is 0.325 e. The van der Waals surface area contributed by atoms with Gasteiger partial charge in [0.1, 0.15) is 5.56 Å². The molecule has 0 radical (unpaired) electrons. The van der Waals surface area contributed by atoms with Gasteiger partial charge in [-0.2, -0.15) is 0 Å². The van der Waals surface area contributed by atoms with Gasteiger partial charge >= 0.3 is 5.69 Å². The highest BCUT2D eigenvalue weighted by atomic mass is 16.4. The summed E-state index contributed by atoms with van der Waals surface area (Å²) in [7, 11) is 0. The van der Waals surface area contributed by atoms with Crippen molar-refractivity contribution in [3.63, 3.8) is 0 Å². The number of aromatic nitrogens is 2. The molecular weight excluding hydrogens is 176 g/mol. The molecule has 0 aliphatic heterocycles. The van der Waals surface area contributed by atoms with E-state index in [1.165, 1.54) is 6.92 Å². The van der Waals surface area contributed by atoms with Crippen LogP contribution in [-0.2, 0) is 0 Å². The predicted octanol–water partition coefficient (Wildman–Crippen LogP) is -1.53. The Kier molecular flexibility index (Phi) is 2.18. The van der Waals surface area contributed by atoms with Gasteiger partial charge in [0.15, 0.2) is 5.84 Å². The Morgan fingerprint density at radius 1 is 1.46 bits per heavy atom. The van der Waals surface area contributed by atoms with Crippen LogP contribution in [0.2, 0.25) is 0 Å². The highest BCUT2D eigenvalue weighted by Crippen LogP contribution is 1.92. The van der Waals surface area contributed by atoms with Gasteiger partial charge in [-0.05, 0) is 6.92 Å². The van der Waals surface area contributed by atoms with Gasteiger partial charge in [0.05, 0.1) is 0 Å². The van der Waals surface area contributed by atoms with E-state index < -0.39 is 11.2 Å². The van der Waals surface area contributed by atoms with Crippen LogP contribution in [0.1, 0.15) is 11.3 Å². The fourth-order valence-corrected chi connectivity index (χ4v) is 0.958. The lowest BCUT2D eigenvalue weighted by molar-refractivity contribution is 0.318. The Balaban J connectivity index is 3.56. The van der Waals surface area contributed by atoms with Gasteiger partial charge < -0.3 is 15.9 Å². The van der Waals surface area contributed by atoms with E-state index in [9.17, 15) is 9.59 Å². The first-order chi connectivity index (χ1) is 6.06. The number of nitrogens with two attached hydrogens (primary N) is 1. The van der Waals surface area contributed by atoms with E-state index in [1.54, 1.807) is 0 Å². The first-order valence-electron chi connectivity index (χ1n) is 3.37. The van der Waals surface area contributed by atoms with Gasteiger partial charge in [0, 0.05) is 5.69 Å². The zero-order valence-electron chi connectivity index (χ0n) is 6.79. The van der Waals surface area contributed by atoms with Crippen LogP contribution < -0.4 is 17.0 Å². The number of aryl methyl sites for hydroxylation is 1. The normalized spacial score (nSPS) is 11.6. The van der Waals surface area contributed by atoms with Gasteiger partial charge in [0.2, 0.25) is 0 Å². The molecule has 0 bridgehead atoms. The molecule has 0 aliphatic rings. The molecule has 7 heteroatoms. The number of aromatic amines is 2. The molecule has 13 heavy (non-hydrogen) atoms. The summed E-state index contributed by atoms with van der Waals surface area (Å²) in [6, 6.07) is 0. The Hall–Kier alpha value is -2.05. The first kappa shape index (κ1) is 9.04. The molecule has 0 aromatic carbocycles. The minimum absolute atomic E-state index is 0.0397. The van der Waals surface area contributed by atoms with Gasteiger partial charge in [-0.25, -0.2) is 4.79 Å². The Morgan fingerprint density at radius 2 is 2.08 bits per heavy atom. The predicted molar refractivity (Wildman–Crippen MR) is 44.9 cm³/mol. The van der Waals surface area contributed by atoms with E-state index in [1.807, 2.05) is 4.98 Å². The highest BCUT2D eigenvalue weighted by molar-refractivity contribution is 5.97. The third-order valence-corrected chi connectivity index (χ3v) is 1.49. The van der Waals surface area contributed by atoms with E-state index in [0.29, 0.717) is 0 Å². The molecule has 0 amide bonds. The van der Waals surface area contributed by atoms with Crippen LogP contribution in [0.4, 0.5) is 0 Å². The highest BCUT2D eigenvalue weighted by Gasteiger charge is 2.09. The van der Waals surface area contributed by atoms with Crippen molar-refractivity contribution in [2.75, 3.05) is 0 Å². The van der Waals surface area contributed by atoms with E-state index in [0.717, 1.165) is 0 Å². The molecule has 0 saturated heterocycles. The molecule has 7 nitrogen and oxygen atoms in total. The molecule has 5 N–H and O–H groups in total. The number of nitrogens with zero attached hydrogens (tertiary/aromatic N) is 1. The van der Waals surface area contributed by atoms with Crippen LogP contribution in [0, 0.1) is 6.92 Å². The lowest BCUT2D eigenvalue weighted by Crippen LogP contribution is -2.32. The van der Waals surface area contributed by atoms with Crippen molar-refractivity contribution in [1.82, 2.24) is 9.97 Å². The van der Waals surface area contributed by atoms with Crippen LogP contribution in [-0.4, -0.2) is 21.0 Å². The molecule has 1 aromatic rings. The summed E-state index contributed by atoms with van der Waals surface area (Å²) in [6.07, 6.45) is 0. The molecule has 0 atom stereocenters. The van der Waals surface area contributed by atoms with Crippen molar-refractivity contribution in [2.45, 2.75) is 6.92 Å². The summed E-state index contributed by atoms with van der Waals surface area (Å²) < 4.78 is 0. The van der Waals surface area contributed by atoms with Crippen molar-refractivity contribution in [3.05, 3.63) is 32.1 Å². The van der Waals surface area contributed by atoms with Crippen molar-refractivity contribution in [3.8, 4) is 0 Å². The number of hydrogen-bond donors (Lipinski definition) is 4. The second-order valence-corrected chi connectivity index (χ2v) is 2.39. The van der Waals surface area contributed by atoms with Crippen molar-refractivity contribution >= 4 is 5.84 Å². The number of amidine groups is 1. The minimum Gasteiger partial charge on any atom is -0.409 e. The maximum Gasteiger partial charge on any atom is 0.325 e. The lowest BCUT2D eigenvalue weighted by atomic mass is 10.2. The Morgan fingerprint density at radius 3 is 2.54 bits per heavy atom. The van der Waals surface area contributed by atoms with E-state index in [2.05, 4.69) is 10.1 Å². The average molecular weight is 184 g/mol. The molecule has 0 fully saturated rings. The summed E-state index contributed by atoms with van der Waals surface area (Å²) in [5.74, 6) is -0.338. The van der Waals surface area contributed by atoms with Crippen LogP contribution >= 0.6 is 0 Å². The number of nitrogens with one attached hydrogen (secondary N) is 2. The monoisotopic (exact) mass is 184 g/mol. The van der Waals surface area contributed by atoms with Crippen LogP contribution in [0.15, 0.2) is 14.7 Å². The van der Waals surface area contributed by atoms with Gasteiger partial charge in [0.25, 0.3) is 5.56 Å². The fraction of sp³-hybridized carbons (Fsp3) is 0.167. The first-order valence-corrected chi connectivity index (χ1v) is 3.37. The van der Waals surface area contributed by atoms with Crippen molar-refractivity contribution in [1.29, 1.82) is 0 Å². The molecule has 0 unspecified atom stereocenters. The summed E-state index contributed by atoms with van der Waals surface area (Å²) in [5, 5.41) is 11.0. The summed E-state index contributed by atoms with van der Waals surface area (Å²) >= 11 is 0. The van der Waals surface area contributed by atoms with Crippen LogP contribution in [0.3, 0.4) is 0 Å². The standard InChI is InChI=1S/C6H8N4O3/c1-2-3(4(7)10-13)5(11)9-6(12)8-2/h13H,1H3,(H2,7,10)(H2,8,9,11,12). The molecule has 0 aliphatic carbocycles. The lowest BCUT2D eigenvalue weighted by Gasteiger charge is -1.99. The molecule has 0 saturated carbocycles. The number of oxime groups is 1. The average Bonchev–Trinajstić information content (AvgIpc) is 2.02. The second-order valence-electron chi connectivity index (χ2n) is 2.39. The van der Waals surface area contributed by atoms with E-state index in [-0.39, 0.29) is 17.1 Å². The molecule has 1 rings (SSSR count). The fourth-order valence-electron chi connectivity index (χ4n) is 0.958. The van der Waals surface area contributed by atoms with Crippen molar-refractivity contribution < 1.29 is 5.21 Å².